The summed E-state index contributed by atoms with van der Waals surface area (Å²) in [5.41, 5.74) is 0. The first-order valence-corrected chi connectivity index (χ1v) is 5.61. The average molecular weight is 318 g/mol. The van der Waals surface area contributed by atoms with Gasteiger partial charge in [0.15, 0.2) is 3.77 Å². The zero-order valence-corrected chi connectivity index (χ0v) is 10.4. The molecule has 0 bridgehead atoms. The monoisotopic (exact) mass is 318 g/mol. The van der Waals surface area contributed by atoms with Gasteiger partial charge in [0.25, 0.3) is 0 Å². The summed E-state index contributed by atoms with van der Waals surface area (Å²) in [4.78, 5) is 0. The van der Waals surface area contributed by atoms with Crippen LogP contribution in [-0.4, -0.2) is 14.8 Å². The van der Waals surface area contributed by atoms with E-state index in [1.165, 1.54) is 0 Å². The van der Waals surface area contributed by atoms with Gasteiger partial charge in [-0.05, 0) is 34.7 Å². The number of nitrogens with zero attached hydrogens (tertiary/aromatic N) is 3. The Kier molecular flexibility index (Phi) is 3.37. The van der Waals surface area contributed by atoms with Crippen LogP contribution in [0.5, 0.6) is 0 Å². The Morgan fingerprint density at radius 3 is 2.93 bits per heavy atom. The van der Waals surface area contributed by atoms with Gasteiger partial charge in [0.1, 0.15) is 17.9 Å². The van der Waals surface area contributed by atoms with Crippen molar-refractivity contribution in [2.45, 2.75) is 13.1 Å². The molecule has 0 amide bonds. The normalized spacial score (nSPS) is 10.8. The van der Waals surface area contributed by atoms with Crippen molar-refractivity contribution in [2.24, 2.45) is 7.05 Å². The van der Waals surface area contributed by atoms with Crippen molar-refractivity contribution in [3.63, 3.8) is 0 Å². The molecular formula is C9H11IN4O. The van der Waals surface area contributed by atoms with Crippen molar-refractivity contribution in [2.75, 3.05) is 0 Å². The summed E-state index contributed by atoms with van der Waals surface area (Å²) >= 11 is 2.15. The lowest BCUT2D eigenvalue weighted by molar-refractivity contribution is 0.459. The molecule has 2 aromatic heterocycles. The maximum Gasteiger partial charge on any atom is 0.164 e. The first-order chi connectivity index (χ1) is 7.25. The molecule has 15 heavy (non-hydrogen) atoms. The fourth-order valence-corrected chi connectivity index (χ4v) is 1.67. The van der Waals surface area contributed by atoms with E-state index >= 15 is 0 Å². The molecule has 0 aromatic carbocycles. The second kappa shape index (κ2) is 4.75. The van der Waals surface area contributed by atoms with E-state index in [1.807, 2.05) is 23.7 Å². The van der Waals surface area contributed by atoms with Gasteiger partial charge in [0.2, 0.25) is 0 Å². The van der Waals surface area contributed by atoms with Crippen molar-refractivity contribution in [3.05, 3.63) is 33.8 Å². The summed E-state index contributed by atoms with van der Waals surface area (Å²) < 4.78 is 8.21. The average Bonchev–Trinajstić information content (AvgIpc) is 2.77. The summed E-state index contributed by atoms with van der Waals surface area (Å²) in [5.74, 6) is 1.85. The lowest BCUT2D eigenvalue weighted by Gasteiger charge is -2.01. The third-order valence-corrected chi connectivity index (χ3v) is 2.60. The standard InChI is InChI=1S/C9H11IN4O/c1-14-6-12-13-9(14)5-11-4-7-2-3-8(10)15-7/h2-3,6,11H,4-5H2,1H3. The highest BCUT2D eigenvalue weighted by atomic mass is 127. The molecule has 0 aliphatic rings. The molecule has 0 atom stereocenters. The lowest BCUT2D eigenvalue weighted by Crippen LogP contribution is -2.15. The smallest absolute Gasteiger partial charge is 0.164 e. The van der Waals surface area contributed by atoms with Gasteiger partial charge in [-0.1, -0.05) is 0 Å². The second-order valence-corrected chi connectivity index (χ2v) is 4.23. The molecule has 0 fully saturated rings. The number of aromatic nitrogens is 3. The second-order valence-electron chi connectivity index (χ2n) is 3.17. The molecule has 0 aliphatic heterocycles. The summed E-state index contributed by atoms with van der Waals surface area (Å²) in [6.07, 6.45) is 1.69. The molecule has 80 valence electrons. The predicted octanol–water partition coefficient (Wildman–Crippen LogP) is 1.30. The summed E-state index contributed by atoms with van der Waals surface area (Å²) in [7, 11) is 1.92. The first-order valence-electron chi connectivity index (χ1n) is 4.53. The maximum absolute atomic E-state index is 5.41. The van der Waals surface area contributed by atoms with Gasteiger partial charge in [-0.15, -0.1) is 10.2 Å². The van der Waals surface area contributed by atoms with Crippen LogP contribution in [0.2, 0.25) is 0 Å². The number of rotatable bonds is 4. The summed E-state index contributed by atoms with van der Waals surface area (Å²) in [5, 5.41) is 11.0. The van der Waals surface area contributed by atoms with Crippen molar-refractivity contribution in [1.82, 2.24) is 20.1 Å². The number of halogens is 1. The minimum Gasteiger partial charge on any atom is -0.454 e. The van der Waals surface area contributed by atoms with Crippen LogP contribution in [0.25, 0.3) is 0 Å². The van der Waals surface area contributed by atoms with Crippen molar-refractivity contribution in [1.29, 1.82) is 0 Å². The van der Waals surface area contributed by atoms with Crippen LogP contribution >= 0.6 is 22.6 Å². The van der Waals surface area contributed by atoms with Crippen LogP contribution in [0, 0.1) is 3.77 Å². The zero-order chi connectivity index (χ0) is 10.7. The number of hydrogen-bond donors (Lipinski definition) is 1. The molecule has 2 rings (SSSR count). The molecule has 2 heterocycles. The van der Waals surface area contributed by atoms with Gasteiger partial charge in [0, 0.05) is 7.05 Å². The molecule has 0 aliphatic carbocycles. The molecule has 0 saturated carbocycles. The van der Waals surface area contributed by atoms with E-state index in [9.17, 15) is 0 Å². The SMILES string of the molecule is Cn1cnnc1CNCc1ccc(I)o1. The molecule has 2 aromatic rings. The lowest BCUT2D eigenvalue weighted by atomic mass is 10.4. The van der Waals surface area contributed by atoms with Crippen LogP contribution in [0.3, 0.4) is 0 Å². The maximum atomic E-state index is 5.41. The van der Waals surface area contributed by atoms with Crippen LogP contribution in [0.4, 0.5) is 0 Å². The minimum absolute atomic E-state index is 0.688. The molecule has 6 heteroatoms. The fourth-order valence-electron chi connectivity index (χ4n) is 1.21. The highest BCUT2D eigenvalue weighted by Gasteiger charge is 2.01. The molecule has 0 saturated heterocycles. The predicted molar refractivity (Wildman–Crippen MR) is 63.0 cm³/mol. The van der Waals surface area contributed by atoms with Crippen LogP contribution < -0.4 is 5.32 Å². The quantitative estimate of drug-likeness (QED) is 0.864. The minimum atomic E-state index is 0.688. The van der Waals surface area contributed by atoms with Crippen molar-refractivity contribution < 1.29 is 4.42 Å². The van der Waals surface area contributed by atoms with E-state index in [0.29, 0.717) is 13.1 Å². The van der Waals surface area contributed by atoms with Gasteiger partial charge in [-0.2, -0.15) is 0 Å². The van der Waals surface area contributed by atoms with E-state index < -0.39 is 0 Å². The summed E-state index contributed by atoms with van der Waals surface area (Å²) in [6.45, 7) is 1.39. The van der Waals surface area contributed by atoms with Gasteiger partial charge < -0.3 is 14.3 Å². The number of hydrogen-bond acceptors (Lipinski definition) is 4. The highest BCUT2D eigenvalue weighted by molar-refractivity contribution is 14.1. The van der Waals surface area contributed by atoms with E-state index in [2.05, 4.69) is 38.1 Å². The number of aryl methyl sites for hydroxylation is 1. The van der Waals surface area contributed by atoms with Crippen LogP contribution in [0.15, 0.2) is 22.9 Å². The Morgan fingerprint density at radius 1 is 1.47 bits per heavy atom. The highest BCUT2D eigenvalue weighted by Crippen LogP contribution is 2.09. The van der Waals surface area contributed by atoms with Gasteiger partial charge in [-0.25, -0.2) is 0 Å². The van der Waals surface area contributed by atoms with Gasteiger partial charge in [-0.3, -0.25) is 0 Å². The van der Waals surface area contributed by atoms with E-state index in [4.69, 9.17) is 4.42 Å². The van der Waals surface area contributed by atoms with E-state index in [1.54, 1.807) is 6.33 Å². The molecular weight excluding hydrogens is 307 g/mol. The molecule has 0 spiro atoms. The van der Waals surface area contributed by atoms with Crippen molar-refractivity contribution in [3.8, 4) is 0 Å². The number of furan rings is 1. The Labute approximate surface area is 101 Å². The molecule has 0 unspecified atom stereocenters. The topological polar surface area (TPSA) is 55.9 Å². The Morgan fingerprint density at radius 2 is 2.33 bits per heavy atom. The zero-order valence-electron chi connectivity index (χ0n) is 8.27. The molecule has 1 N–H and O–H groups in total. The summed E-state index contributed by atoms with van der Waals surface area (Å²) in [6, 6.07) is 3.91. The number of nitrogens with one attached hydrogen (secondary N) is 1. The van der Waals surface area contributed by atoms with Crippen LogP contribution in [0.1, 0.15) is 11.6 Å². The van der Waals surface area contributed by atoms with E-state index in [-0.39, 0.29) is 0 Å². The molecule has 5 nitrogen and oxygen atoms in total. The Bertz CT molecular complexity index is 437. The Balaban J connectivity index is 1.83. The Hall–Kier alpha value is -0.890. The van der Waals surface area contributed by atoms with Crippen LogP contribution in [-0.2, 0) is 20.1 Å². The molecule has 0 radical (unpaired) electrons. The van der Waals surface area contributed by atoms with Gasteiger partial charge >= 0.3 is 0 Å². The third kappa shape index (κ3) is 2.78. The van der Waals surface area contributed by atoms with E-state index in [0.717, 1.165) is 15.4 Å². The first kappa shape index (κ1) is 10.6. The largest absolute Gasteiger partial charge is 0.454 e. The van der Waals surface area contributed by atoms with Gasteiger partial charge in [0.05, 0.1) is 13.1 Å². The fraction of sp³-hybridized carbons (Fsp3) is 0.333. The third-order valence-electron chi connectivity index (χ3n) is 2.02. The van der Waals surface area contributed by atoms with Crippen molar-refractivity contribution >= 4 is 22.6 Å².